The number of hydrogen-bond acceptors (Lipinski definition) is 1. The van der Waals surface area contributed by atoms with Crippen LogP contribution in [-0.4, -0.2) is 11.7 Å². The van der Waals surface area contributed by atoms with Crippen LogP contribution in [0.2, 0.25) is 0 Å². The largest absolute Gasteiger partial charge is 0.396 e. The zero-order valence-corrected chi connectivity index (χ0v) is 11.1. The summed E-state index contributed by atoms with van der Waals surface area (Å²) in [5.74, 6) is 0. The second-order valence-corrected chi connectivity index (χ2v) is 5.67. The zero-order valence-electron chi connectivity index (χ0n) is 11.1. The molecule has 0 bridgehead atoms. The van der Waals surface area contributed by atoms with E-state index in [4.69, 9.17) is 5.11 Å². The van der Waals surface area contributed by atoms with Gasteiger partial charge in [-0.1, -0.05) is 30.2 Å². The molecule has 0 saturated carbocycles. The van der Waals surface area contributed by atoms with Gasteiger partial charge in [0.25, 0.3) is 0 Å². The number of rotatable bonds is 5. The minimum atomic E-state index is 0.331. The lowest BCUT2D eigenvalue weighted by Gasteiger charge is -2.32. The van der Waals surface area contributed by atoms with E-state index in [-0.39, 0.29) is 0 Å². The Labute approximate surface area is 100 Å². The summed E-state index contributed by atoms with van der Waals surface area (Å²) in [6.45, 7) is 6.95. The summed E-state index contributed by atoms with van der Waals surface area (Å²) in [6.07, 6.45) is 11.7. The first-order valence-electron chi connectivity index (χ1n) is 6.48. The van der Waals surface area contributed by atoms with Crippen molar-refractivity contribution in [3.63, 3.8) is 0 Å². The molecule has 1 aliphatic carbocycles. The monoisotopic (exact) mass is 222 g/mol. The molecule has 1 unspecified atom stereocenters. The lowest BCUT2D eigenvalue weighted by atomic mass is 9.74. The quantitative estimate of drug-likeness (QED) is 0.690. The molecule has 0 spiro atoms. The highest BCUT2D eigenvalue weighted by Gasteiger charge is 2.25. The lowest BCUT2D eigenvalue weighted by molar-refractivity contribution is 0.182. The minimum Gasteiger partial charge on any atom is -0.396 e. The van der Waals surface area contributed by atoms with Crippen molar-refractivity contribution in [3.8, 4) is 0 Å². The summed E-state index contributed by atoms with van der Waals surface area (Å²) in [4.78, 5) is 0. The maximum atomic E-state index is 9.02. The van der Waals surface area contributed by atoms with Crippen molar-refractivity contribution in [2.75, 3.05) is 6.61 Å². The molecule has 0 aromatic rings. The van der Waals surface area contributed by atoms with E-state index in [0.717, 1.165) is 12.8 Å². The van der Waals surface area contributed by atoms with Crippen molar-refractivity contribution in [2.45, 2.75) is 59.3 Å². The van der Waals surface area contributed by atoms with Crippen LogP contribution < -0.4 is 0 Å². The van der Waals surface area contributed by atoms with Crippen LogP contribution in [0, 0.1) is 5.41 Å². The molecular formula is C15H26O. The minimum absolute atomic E-state index is 0.331. The van der Waals surface area contributed by atoms with Crippen LogP contribution >= 0.6 is 0 Å². The Balaban J connectivity index is 2.38. The maximum Gasteiger partial charge on any atom is 0.0436 e. The van der Waals surface area contributed by atoms with Gasteiger partial charge in [0.15, 0.2) is 0 Å². The molecule has 0 aromatic carbocycles. The summed E-state index contributed by atoms with van der Waals surface area (Å²) < 4.78 is 0. The maximum absolute atomic E-state index is 9.02. The van der Waals surface area contributed by atoms with Crippen molar-refractivity contribution >= 4 is 0 Å². The van der Waals surface area contributed by atoms with Gasteiger partial charge in [-0.25, -0.2) is 0 Å². The van der Waals surface area contributed by atoms with Crippen LogP contribution in [0.4, 0.5) is 0 Å². The fraction of sp³-hybridized carbons (Fsp3) is 0.733. The molecule has 1 aliphatic rings. The van der Waals surface area contributed by atoms with Gasteiger partial charge in [0, 0.05) is 6.61 Å². The van der Waals surface area contributed by atoms with Gasteiger partial charge in [0.1, 0.15) is 0 Å². The van der Waals surface area contributed by atoms with E-state index < -0.39 is 0 Å². The third-order valence-electron chi connectivity index (χ3n) is 3.67. The molecule has 16 heavy (non-hydrogen) atoms. The number of aliphatic hydroxyl groups is 1. The smallest absolute Gasteiger partial charge is 0.0436 e. The molecule has 1 heteroatoms. The Bertz CT molecular complexity index is 271. The molecule has 0 heterocycles. The third-order valence-corrected chi connectivity index (χ3v) is 3.67. The summed E-state index contributed by atoms with van der Waals surface area (Å²) in [6, 6.07) is 0. The Morgan fingerprint density at radius 2 is 2.25 bits per heavy atom. The van der Waals surface area contributed by atoms with Crippen molar-refractivity contribution in [2.24, 2.45) is 5.41 Å². The van der Waals surface area contributed by atoms with Crippen molar-refractivity contribution < 1.29 is 5.11 Å². The van der Waals surface area contributed by atoms with Crippen LogP contribution in [0.1, 0.15) is 59.3 Å². The predicted molar refractivity (Wildman–Crippen MR) is 70.4 cm³/mol. The van der Waals surface area contributed by atoms with E-state index in [2.05, 4.69) is 32.9 Å². The van der Waals surface area contributed by atoms with Gasteiger partial charge in [0.2, 0.25) is 0 Å². The van der Waals surface area contributed by atoms with Crippen LogP contribution in [-0.2, 0) is 0 Å². The van der Waals surface area contributed by atoms with E-state index >= 15 is 0 Å². The molecule has 0 radical (unpaired) electrons. The Morgan fingerprint density at radius 3 is 2.75 bits per heavy atom. The van der Waals surface area contributed by atoms with E-state index in [1.54, 1.807) is 5.57 Å². The van der Waals surface area contributed by atoms with Gasteiger partial charge in [-0.3, -0.25) is 0 Å². The summed E-state index contributed by atoms with van der Waals surface area (Å²) in [5, 5.41) is 9.02. The van der Waals surface area contributed by atoms with Crippen molar-refractivity contribution in [3.05, 3.63) is 23.3 Å². The molecule has 0 saturated heterocycles. The molecule has 1 atom stereocenters. The van der Waals surface area contributed by atoms with Crippen LogP contribution in [0.25, 0.3) is 0 Å². The van der Waals surface area contributed by atoms with Gasteiger partial charge in [0.05, 0.1) is 0 Å². The first kappa shape index (κ1) is 13.5. The summed E-state index contributed by atoms with van der Waals surface area (Å²) >= 11 is 0. The number of allylic oxidation sites excluding steroid dienone is 4. The number of hydrogen-bond donors (Lipinski definition) is 1. The van der Waals surface area contributed by atoms with Gasteiger partial charge in [-0.2, -0.15) is 0 Å². The van der Waals surface area contributed by atoms with E-state index in [9.17, 15) is 0 Å². The Morgan fingerprint density at radius 1 is 1.50 bits per heavy atom. The van der Waals surface area contributed by atoms with Gasteiger partial charge >= 0.3 is 0 Å². The first-order chi connectivity index (χ1) is 7.56. The molecule has 0 amide bonds. The van der Waals surface area contributed by atoms with Crippen LogP contribution in [0.15, 0.2) is 23.3 Å². The Hall–Kier alpha value is -0.560. The Kier molecular flexibility index (Phi) is 5.27. The second-order valence-electron chi connectivity index (χ2n) is 5.67. The molecule has 1 nitrogen and oxygen atoms in total. The highest BCUT2D eigenvalue weighted by molar-refractivity contribution is 5.10. The van der Waals surface area contributed by atoms with Gasteiger partial charge in [-0.05, 0) is 57.8 Å². The first-order valence-corrected chi connectivity index (χ1v) is 6.48. The third kappa shape index (κ3) is 4.52. The molecule has 0 fully saturated rings. The number of aliphatic hydroxyl groups excluding tert-OH is 1. The summed E-state index contributed by atoms with van der Waals surface area (Å²) in [7, 11) is 0. The SMILES string of the molecule is CC(C)=CCCC1=CCC(C)(CCO)CC1. The zero-order chi connectivity index (χ0) is 12.0. The molecule has 1 N–H and O–H groups in total. The van der Waals surface area contributed by atoms with E-state index in [1.807, 2.05) is 0 Å². The van der Waals surface area contributed by atoms with Crippen LogP contribution in [0.5, 0.6) is 0 Å². The molecular weight excluding hydrogens is 196 g/mol. The van der Waals surface area contributed by atoms with Gasteiger partial charge < -0.3 is 5.11 Å². The fourth-order valence-corrected chi connectivity index (χ4v) is 2.33. The normalized spacial score (nSPS) is 25.1. The predicted octanol–water partition coefficient (Wildman–Crippen LogP) is 4.23. The topological polar surface area (TPSA) is 20.2 Å². The highest BCUT2D eigenvalue weighted by Crippen LogP contribution is 2.38. The molecule has 0 aromatic heterocycles. The van der Waals surface area contributed by atoms with Crippen molar-refractivity contribution in [1.82, 2.24) is 0 Å². The summed E-state index contributed by atoms with van der Waals surface area (Å²) in [5.41, 5.74) is 3.39. The van der Waals surface area contributed by atoms with E-state index in [0.29, 0.717) is 12.0 Å². The molecule has 92 valence electrons. The average Bonchev–Trinajstić information content (AvgIpc) is 2.21. The molecule has 1 rings (SSSR count). The molecule has 0 aliphatic heterocycles. The van der Waals surface area contributed by atoms with Crippen molar-refractivity contribution in [1.29, 1.82) is 0 Å². The van der Waals surface area contributed by atoms with Gasteiger partial charge in [-0.15, -0.1) is 0 Å². The van der Waals surface area contributed by atoms with E-state index in [1.165, 1.54) is 31.3 Å². The lowest BCUT2D eigenvalue weighted by Crippen LogP contribution is -2.20. The average molecular weight is 222 g/mol. The second kappa shape index (κ2) is 6.24. The van der Waals surface area contributed by atoms with Crippen LogP contribution in [0.3, 0.4) is 0 Å². The standard InChI is InChI=1S/C15H26O/c1-13(2)5-4-6-14-7-9-15(3,10-8-14)11-12-16/h5,7,16H,4,6,8-12H2,1-3H3. The fourth-order valence-electron chi connectivity index (χ4n) is 2.33. The highest BCUT2D eigenvalue weighted by atomic mass is 16.3.